The molecule has 4 heteroatoms. The minimum Gasteiger partial charge on any atom is -0.494 e. The van der Waals surface area contributed by atoms with E-state index in [2.05, 4.69) is 12.2 Å². The van der Waals surface area contributed by atoms with Crippen LogP contribution in [0.3, 0.4) is 0 Å². The molecule has 1 N–H and O–H groups in total. The quantitative estimate of drug-likeness (QED) is 0.562. The van der Waals surface area contributed by atoms with Gasteiger partial charge in [-0.1, -0.05) is 43.1 Å². The lowest BCUT2D eigenvalue weighted by atomic mass is 10.2. The highest BCUT2D eigenvalue weighted by Gasteiger charge is 1.99. The van der Waals surface area contributed by atoms with E-state index in [0.29, 0.717) is 10.7 Å². The lowest BCUT2D eigenvalue weighted by molar-refractivity contribution is -0.111. The van der Waals surface area contributed by atoms with Gasteiger partial charge in [-0.2, -0.15) is 0 Å². The van der Waals surface area contributed by atoms with Crippen LogP contribution in [0, 0.1) is 0 Å². The number of halogens is 1. The highest BCUT2D eigenvalue weighted by molar-refractivity contribution is 6.30. The smallest absolute Gasteiger partial charge is 0.248 e. The Morgan fingerprint density at radius 1 is 1.22 bits per heavy atom. The molecular formula is C19H20ClNO2. The average molecular weight is 330 g/mol. The van der Waals surface area contributed by atoms with Gasteiger partial charge in [0, 0.05) is 16.8 Å². The number of rotatable bonds is 7. The van der Waals surface area contributed by atoms with Crippen LogP contribution < -0.4 is 10.1 Å². The van der Waals surface area contributed by atoms with Crippen molar-refractivity contribution in [1.82, 2.24) is 0 Å². The Balaban J connectivity index is 1.88. The van der Waals surface area contributed by atoms with Crippen LogP contribution in [-0.4, -0.2) is 12.5 Å². The van der Waals surface area contributed by atoms with E-state index < -0.39 is 0 Å². The lowest BCUT2D eigenvalue weighted by Crippen LogP contribution is -2.07. The van der Waals surface area contributed by atoms with Crippen molar-refractivity contribution in [3.63, 3.8) is 0 Å². The van der Waals surface area contributed by atoms with E-state index in [0.717, 1.165) is 30.8 Å². The molecule has 0 radical (unpaired) electrons. The summed E-state index contributed by atoms with van der Waals surface area (Å²) < 4.78 is 5.60. The number of carbonyl (C=O) groups is 1. The maximum Gasteiger partial charge on any atom is 0.248 e. The van der Waals surface area contributed by atoms with E-state index in [1.807, 2.05) is 24.3 Å². The summed E-state index contributed by atoms with van der Waals surface area (Å²) in [6.07, 6.45) is 5.41. The molecule has 0 heterocycles. The van der Waals surface area contributed by atoms with E-state index in [1.165, 1.54) is 6.08 Å². The van der Waals surface area contributed by atoms with Crippen LogP contribution in [0.15, 0.2) is 54.6 Å². The number of unbranched alkanes of at least 4 members (excludes halogenated alkanes) is 1. The first-order chi connectivity index (χ1) is 11.2. The third-order valence-electron chi connectivity index (χ3n) is 3.17. The van der Waals surface area contributed by atoms with Gasteiger partial charge in [0.25, 0.3) is 0 Å². The molecule has 0 unspecified atom stereocenters. The molecule has 0 fully saturated rings. The van der Waals surface area contributed by atoms with E-state index in [1.54, 1.807) is 30.3 Å². The minimum atomic E-state index is -0.199. The zero-order chi connectivity index (χ0) is 16.5. The summed E-state index contributed by atoms with van der Waals surface area (Å²) >= 11 is 5.88. The van der Waals surface area contributed by atoms with Crippen LogP contribution >= 0.6 is 11.6 Å². The second kappa shape index (κ2) is 9.01. The molecule has 0 aliphatic rings. The van der Waals surface area contributed by atoms with E-state index >= 15 is 0 Å². The van der Waals surface area contributed by atoms with Gasteiger partial charge in [0.2, 0.25) is 5.91 Å². The maximum atomic E-state index is 11.9. The van der Waals surface area contributed by atoms with E-state index in [4.69, 9.17) is 16.3 Å². The van der Waals surface area contributed by atoms with Crippen molar-refractivity contribution in [2.75, 3.05) is 11.9 Å². The largest absolute Gasteiger partial charge is 0.494 e. The molecule has 1 amide bonds. The minimum absolute atomic E-state index is 0.199. The fraction of sp³-hybridized carbons (Fsp3) is 0.211. The summed E-state index contributed by atoms with van der Waals surface area (Å²) in [4.78, 5) is 11.9. The standard InChI is InChI=1S/C19H20ClNO2/c1-2-3-13-23-18-10-7-15(8-11-18)9-12-19(22)21-17-6-4-5-16(20)14-17/h4-12,14H,2-3,13H2,1H3,(H,21,22). The van der Waals surface area contributed by atoms with Gasteiger partial charge < -0.3 is 10.1 Å². The second-order valence-corrected chi connectivity index (χ2v) is 5.54. The van der Waals surface area contributed by atoms with Gasteiger partial charge in [-0.3, -0.25) is 4.79 Å². The molecule has 3 nitrogen and oxygen atoms in total. The number of anilines is 1. The highest BCUT2D eigenvalue weighted by Crippen LogP contribution is 2.16. The SMILES string of the molecule is CCCCOc1ccc(C=CC(=O)Nc2cccc(Cl)c2)cc1. The molecule has 2 aromatic carbocycles. The average Bonchev–Trinajstić information content (AvgIpc) is 2.54. The monoisotopic (exact) mass is 329 g/mol. The van der Waals surface area contributed by atoms with E-state index in [9.17, 15) is 4.79 Å². The van der Waals surface area contributed by atoms with Gasteiger partial charge in [-0.25, -0.2) is 0 Å². The summed E-state index contributed by atoms with van der Waals surface area (Å²) in [6, 6.07) is 14.7. The normalized spacial score (nSPS) is 10.7. The number of nitrogens with one attached hydrogen (secondary N) is 1. The molecule has 120 valence electrons. The first kappa shape index (κ1) is 17.1. The van der Waals surface area contributed by atoms with Crippen LogP contribution in [0.2, 0.25) is 5.02 Å². The maximum absolute atomic E-state index is 11.9. The second-order valence-electron chi connectivity index (χ2n) is 5.10. The van der Waals surface area contributed by atoms with Crippen molar-refractivity contribution in [1.29, 1.82) is 0 Å². The van der Waals surface area contributed by atoms with Crippen molar-refractivity contribution < 1.29 is 9.53 Å². The summed E-state index contributed by atoms with van der Waals surface area (Å²) in [5, 5.41) is 3.35. The van der Waals surface area contributed by atoms with Gasteiger partial charge in [-0.05, 0) is 48.4 Å². The summed E-state index contributed by atoms with van der Waals surface area (Å²) in [5.41, 5.74) is 1.61. The Morgan fingerprint density at radius 2 is 2.00 bits per heavy atom. The van der Waals surface area contributed by atoms with Crippen LogP contribution in [0.5, 0.6) is 5.75 Å². The number of hydrogen-bond acceptors (Lipinski definition) is 2. The van der Waals surface area contributed by atoms with E-state index in [-0.39, 0.29) is 5.91 Å². The van der Waals surface area contributed by atoms with Crippen molar-refractivity contribution in [3.05, 3.63) is 65.2 Å². The first-order valence-electron chi connectivity index (χ1n) is 7.65. The molecule has 0 aromatic heterocycles. The third kappa shape index (κ3) is 6.17. The summed E-state index contributed by atoms with van der Waals surface area (Å²) in [5.74, 6) is 0.648. The van der Waals surface area contributed by atoms with Gasteiger partial charge >= 0.3 is 0 Å². The third-order valence-corrected chi connectivity index (χ3v) is 3.40. The molecule has 0 saturated carbocycles. The Bertz CT molecular complexity index is 665. The molecular weight excluding hydrogens is 310 g/mol. The zero-order valence-corrected chi connectivity index (χ0v) is 13.8. The number of hydrogen-bond donors (Lipinski definition) is 1. The Labute approximate surface area is 141 Å². The Kier molecular flexibility index (Phi) is 6.70. The Morgan fingerprint density at radius 3 is 2.70 bits per heavy atom. The predicted molar refractivity (Wildman–Crippen MR) is 96.0 cm³/mol. The molecule has 0 saturated heterocycles. The van der Waals surface area contributed by atoms with Crippen molar-refractivity contribution >= 4 is 29.3 Å². The number of ether oxygens (including phenoxy) is 1. The topological polar surface area (TPSA) is 38.3 Å². The van der Waals surface area contributed by atoms with Crippen LogP contribution in [0.1, 0.15) is 25.3 Å². The first-order valence-corrected chi connectivity index (χ1v) is 8.02. The number of benzene rings is 2. The lowest BCUT2D eigenvalue weighted by Gasteiger charge is -2.05. The van der Waals surface area contributed by atoms with Gasteiger partial charge in [0.15, 0.2) is 0 Å². The van der Waals surface area contributed by atoms with Crippen LogP contribution in [0.25, 0.3) is 6.08 Å². The fourth-order valence-corrected chi connectivity index (χ4v) is 2.12. The molecule has 0 bridgehead atoms. The molecule has 23 heavy (non-hydrogen) atoms. The molecule has 0 spiro atoms. The van der Waals surface area contributed by atoms with Crippen LogP contribution in [-0.2, 0) is 4.79 Å². The van der Waals surface area contributed by atoms with Gasteiger partial charge in [0.1, 0.15) is 5.75 Å². The fourth-order valence-electron chi connectivity index (χ4n) is 1.93. The van der Waals surface area contributed by atoms with Crippen molar-refractivity contribution in [2.24, 2.45) is 0 Å². The predicted octanol–water partition coefficient (Wildman–Crippen LogP) is 5.17. The Hall–Kier alpha value is -2.26. The van der Waals surface area contributed by atoms with Gasteiger partial charge in [0.05, 0.1) is 6.61 Å². The molecule has 2 aromatic rings. The number of amides is 1. The molecule has 2 rings (SSSR count). The summed E-state index contributed by atoms with van der Waals surface area (Å²) in [7, 11) is 0. The highest BCUT2D eigenvalue weighted by atomic mass is 35.5. The van der Waals surface area contributed by atoms with Gasteiger partial charge in [-0.15, -0.1) is 0 Å². The summed E-state index contributed by atoms with van der Waals surface area (Å²) in [6.45, 7) is 2.86. The molecule has 0 aliphatic carbocycles. The number of carbonyl (C=O) groups excluding carboxylic acids is 1. The zero-order valence-electron chi connectivity index (χ0n) is 13.1. The molecule has 0 aliphatic heterocycles. The van der Waals surface area contributed by atoms with Crippen molar-refractivity contribution in [2.45, 2.75) is 19.8 Å². The van der Waals surface area contributed by atoms with Crippen LogP contribution in [0.4, 0.5) is 5.69 Å². The molecule has 0 atom stereocenters. The van der Waals surface area contributed by atoms with Crippen molar-refractivity contribution in [3.8, 4) is 5.75 Å².